The van der Waals surface area contributed by atoms with Crippen molar-refractivity contribution in [1.29, 1.82) is 5.26 Å². The Kier molecular flexibility index (Phi) is 11.5. The number of carbonyl (C=O) groups excluding carboxylic acids is 4. The second-order valence-electron chi connectivity index (χ2n) is 11.8. The van der Waals surface area contributed by atoms with E-state index in [1.807, 2.05) is 12.1 Å². The average Bonchev–Trinajstić information content (AvgIpc) is 2.86. The number of nitrogens with one attached hydrogen (secondary N) is 2. The maximum Gasteiger partial charge on any atom is 0.408 e. The van der Waals surface area contributed by atoms with Crippen molar-refractivity contribution in [2.75, 3.05) is 6.54 Å². The Labute approximate surface area is 246 Å². The van der Waals surface area contributed by atoms with Crippen molar-refractivity contribution < 1.29 is 33.8 Å². The molecular formula is C31H40N4O7. The van der Waals surface area contributed by atoms with Gasteiger partial charge in [0.2, 0.25) is 11.8 Å². The van der Waals surface area contributed by atoms with E-state index in [1.165, 1.54) is 31.2 Å². The number of ether oxygens (including phenoxy) is 2. The molecule has 0 aliphatic rings. The highest BCUT2D eigenvalue weighted by molar-refractivity contribution is 5.94. The minimum Gasteiger partial charge on any atom is -0.508 e. The number of hydrogen-bond acceptors (Lipinski definition) is 8. The van der Waals surface area contributed by atoms with E-state index in [9.17, 15) is 29.5 Å². The number of phenolic OH excluding ortho intramolecular Hbond substituents is 1. The smallest absolute Gasteiger partial charge is 0.408 e. The van der Waals surface area contributed by atoms with Gasteiger partial charge in [0.1, 0.15) is 41.6 Å². The molecule has 2 aromatic carbocycles. The van der Waals surface area contributed by atoms with Crippen LogP contribution >= 0.6 is 0 Å². The van der Waals surface area contributed by atoms with Crippen LogP contribution in [0.5, 0.6) is 5.75 Å². The second kappa shape index (κ2) is 14.3. The number of aromatic hydroxyl groups is 1. The lowest BCUT2D eigenvalue weighted by atomic mass is 10.0. The summed E-state index contributed by atoms with van der Waals surface area (Å²) in [4.78, 5) is 54.1. The van der Waals surface area contributed by atoms with Gasteiger partial charge in [-0.3, -0.25) is 9.59 Å². The highest BCUT2D eigenvalue weighted by atomic mass is 16.6. The number of carbonyl (C=O) groups is 4. The fourth-order valence-corrected chi connectivity index (χ4v) is 4.00. The molecule has 42 heavy (non-hydrogen) atoms. The molecule has 3 amide bonds. The van der Waals surface area contributed by atoms with Crippen molar-refractivity contribution in [1.82, 2.24) is 15.5 Å². The highest BCUT2D eigenvalue weighted by Crippen LogP contribution is 2.26. The lowest BCUT2D eigenvalue weighted by molar-refractivity contribution is -0.159. The fourth-order valence-electron chi connectivity index (χ4n) is 4.00. The Balaban J connectivity index is 2.49. The first-order chi connectivity index (χ1) is 19.5. The average molecular weight is 581 g/mol. The maximum atomic E-state index is 14.0. The van der Waals surface area contributed by atoms with E-state index in [0.29, 0.717) is 0 Å². The zero-order valence-corrected chi connectivity index (χ0v) is 25.1. The van der Waals surface area contributed by atoms with Crippen LogP contribution in [-0.2, 0) is 30.3 Å². The van der Waals surface area contributed by atoms with E-state index >= 15 is 0 Å². The van der Waals surface area contributed by atoms with Gasteiger partial charge in [-0.25, -0.2) is 9.59 Å². The molecule has 0 saturated carbocycles. The van der Waals surface area contributed by atoms with Gasteiger partial charge in [-0.2, -0.15) is 5.26 Å². The molecule has 0 bridgehead atoms. The highest BCUT2D eigenvalue weighted by Gasteiger charge is 2.37. The Morgan fingerprint density at radius 3 is 2.10 bits per heavy atom. The first-order valence-corrected chi connectivity index (χ1v) is 13.5. The molecule has 0 aliphatic heterocycles. The molecule has 0 spiro atoms. The molecule has 2 rings (SSSR count). The lowest BCUT2D eigenvalue weighted by Crippen LogP contribution is -2.54. The van der Waals surface area contributed by atoms with Gasteiger partial charge in [-0.1, -0.05) is 42.5 Å². The monoisotopic (exact) mass is 580 g/mol. The predicted molar refractivity (Wildman–Crippen MR) is 155 cm³/mol. The first kappa shape index (κ1) is 33.6. The topological polar surface area (TPSA) is 158 Å². The quantitative estimate of drug-likeness (QED) is 0.283. The molecule has 0 aromatic heterocycles. The van der Waals surface area contributed by atoms with Gasteiger partial charge < -0.3 is 30.1 Å². The molecule has 11 nitrogen and oxygen atoms in total. The molecule has 0 radical (unpaired) electrons. The third-order valence-electron chi connectivity index (χ3n) is 5.66. The van der Waals surface area contributed by atoms with Crippen molar-refractivity contribution in [3.05, 3.63) is 65.7 Å². The Morgan fingerprint density at radius 1 is 0.929 bits per heavy atom. The van der Waals surface area contributed by atoms with Gasteiger partial charge in [0.15, 0.2) is 0 Å². The van der Waals surface area contributed by atoms with Crippen molar-refractivity contribution in [2.24, 2.45) is 0 Å². The van der Waals surface area contributed by atoms with Crippen molar-refractivity contribution >= 4 is 23.9 Å². The molecule has 0 fully saturated rings. The summed E-state index contributed by atoms with van der Waals surface area (Å²) in [5, 5.41) is 24.9. The molecule has 3 N–H and O–H groups in total. The van der Waals surface area contributed by atoms with Crippen LogP contribution in [-0.4, -0.2) is 63.7 Å². The van der Waals surface area contributed by atoms with Crippen LogP contribution < -0.4 is 10.6 Å². The third kappa shape index (κ3) is 10.8. The summed E-state index contributed by atoms with van der Waals surface area (Å²) in [6.07, 6.45) is -0.761. The van der Waals surface area contributed by atoms with Crippen LogP contribution in [0.15, 0.2) is 54.6 Å². The van der Waals surface area contributed by atoms with E-state index < -0.39 is 59.7 Å². The predicted octanol–water partition coefficient (Wildman–Crippen LogP) is 3.77. The minimum atomic E-state index is -1.45. The van der Waals surface area contributed by atoms with Crippen LogP contribution in [0, 0.1) is 11.3 Å². The van der Waals surface area contributed by atoms with E-state index in [1.54, 1.807) is 65.8 Å². The molecule has 3 unspecified atom stereocenters. The lowest BCUT2D eigenvalue weighted by Gasteiger charge is -2.33. The molecule has 0 saturated heterocycles. The van der Waals surface area contributed by atoms with Crippen LogP contribution in [0.1, 0.15) is 65.6 Å². The number of nitriles is 1. The minimum absolute atomic E-state index is 0.0943. The van der Waals surface area contributed by atoms with Crippen LogP contribution in [0.25, 0.3) is 0 Å². The fraction of sp³-hybridized carbons (Fsp3) is 0.452. The molecule has 3 atom stereocenters. The van der Waals surface area contributed by atoms with E-state index in [-0.39, 0.29) is 17.7 Å². The van der Waals surface area contributed by atoms with Gasteiger partial charge in [0.25, 0.3) is 0 Å². The third-order valence-corrected chi connectivity index (χ3v) is 5.66. The van der Waals surface area contributed by atoms with Gasteiger partial charge in [0.05, 0.1) is 6.07 Å². The number of rotatable bonds is 10. The number of esters is 1. The molecule has 2 aromatic rings. The Morgan fingerprint density at radius 2 is 1.55 bits per heavy atom. The number of phenols is 1. The number of alkyl carbamates (subject to hydrolysis) is 1. The Hall–Kier alpha value is -4.59. The van der Waals surface area contributed by atoms with Crippen molar-refractivity contribution in [3.63, 3.8) is 0 Å². The summed E-state index contributed by atoms with van der Waals surface area (Å²) in [6, 6.07) is 12.8. The largest absolute Gasteiger partial charge is 0.508 e. The van der Waals surface area contributed by atoms with Crippen molar-refractivity contribution in [2.45, 2.75) is 84.2 Å². The zero-order valence-electron chi connectivity index (χ0n) is 25.1. The molecule has 11 heteroatoms. The van der Waals surface area contributed by atoms with Gasteiger partial charge in [-0.05, 0) is 71.7 Å². The number of benzene rings is 2. The van der Waals surface area contributed by atoms with Gasteiger partial charge in [-0.15, -0.1) is 0 Å². The van der Waals surface area contributed by atoms with E-state index in [0.717, 1.165) is 10.5 Å². The van der Waals surface area contributed by atoms with Crippen LogP contribution in [0.4, 0.5) is 4.79 Å². The number of hydrogen-bond donors (Lipinski definition) is 3. The number of amides is 3. The van der Waals surface area contributed by atoms with E-state index in [4.69, 9.17) is 9.47 Å². The first-order valence-electron chi connectivity index (χ1n) is 13.5. The summed E-state index contributed by atoms with van der Waals surface area (Å²) in [5.41, 5.74) is -0.725. The van der Waals surface area contributed by atoms with Crippen LogP contribution in [0.2, 0.25) is 0 Å². The van der Waals surface area contributed by atoms with Crippen molar-refractivity contribution in [3.8, 4) is 11.8 Å². The summed E-state index contributed by atoms with van der Waals surface area (Å²) in [5.74, 6) is -2.42. The summed E-state index contributed by atoms with van der Waals surface area (Å²) in [7, 11) is 0. The molecular weight excluding hydrogens is 540 g/mol. The SMILES string of the molecule is CC(NC(=O)OC(C)(C)C)C(=O)N(CC#N)C(C(=O)NC(Cc1ccccc1)C(=O)OC(C)(C)C)c1cccc(O)c1. The standard InChI is InChI=1S/C31H40N4O7/c1-20(33-29(40)42-31(5,6)7)27(38)35(17-16-32)25(22-14-11-15-23(36)19-22)26(37)34-24(28(39)41-30(2,3)4)18-21-12-9-8-10-13-21/h8-15,19-20,24-25,36H,17-18H2,1-7H3,(H,33,40)(H,34,37). The second-order valence-corrected chi connectivity index (χ2v) is 11.8. The molecule has 0 aliphatic carbocycles. The van der Waals surface area contributed by atoms with Gasteiger partial charge >= 0.3 is 12.1 Å². The normalized spacial score (nSPS) is 13.5. The van der Waals surface area contributed by atoms with E-state index in [2.05, 4.69) is 10.6 Å². The summed E-state index contributed by atoms with van der Waals surface area (Å²) < 4.78 is 10.8. The summed E-state index contributed by atoms with van der Waals surface area (Å²) >= 11 is 0. The van der Waals surface area contributed by atoms with Crippen LogP contribution in [0.3, 0.4) is 0 Å². The Bertz CT molecular complexity index is 1290. The molecule has 0 heterocycles. The molecule has 226 valence electrons. The zero-order chi connectivity index (χ0) is 31.7. The number of nitrogens with zero attached hydrogens (tertiary/aromatic N) is 2. The van der Waals surface area contributed by atoms with Gasteiger partial charge in [0, 0.05) is 6.42 Å². The maximum absolute atomic E-state index is 14.0. The summed E-state index contributed by atoms with van der Waals surface area (Å²) in [6.45, 7) is 11.0.